The van der Waals surface area contributed by atoms with Crippen LogP contribution in [0, 0.1) is 75.0 Å². The van der Waals surface area contributed by atoms with Crippen molar-refractivity contribution in [3.8, 4) is 89.5 Å². The monoisotopic (exact) mass is 1430 g/mol. The van der Waals surface area contributed by atoms with Gasteiger partial charge < -0.3 is 0 Å². The first kappa shape index (κ1) is 69.8. The molecule has 0 amide bonds. The van der Waals surface area contributed by atoms with Gasteiger partial charge in [-0.25, -0.2) is 18.3 Å². The third-order valence-electron chi connectivity index (χ3n) is 27.6. The third-order valence-corrected chi connectivity index (χ3v) is 27.6. The highest BCUT2D eigenvalue weighted by Crippen LogP contribution is 2.56. The second-order valence-corrected chi connectivity index (χ2v) is 34.4. The van der Waals surface area contributed by atoms with Gasteiger partial charge in [0.15, 0.2) is 24.8 Å². The predicted molar refractivity (Wildman–Crippen MR) is 450 cm³/mol. The number of hydrogen-bond donors (Lipinski definition) is 0. The van der Waals surface area contributed by atoms with Gasteiger partial charge in [-0.2, -0.15) is 0 Å². The fourth-order valence-electron chi connectivity index (χ4n) is 21.6. The van der Waals surface area contributed by atoms with Crippen LogP contribution in [0.4, 0.5) is 0 Å². The zero-order chi connectivity index (χ0) is 76.1. The van der Waals surface area contributed by atoms with Crippen LogP contribution in [0.1, 0.15) is 180 Å². The molecule has 9 saturated carbocycles. The van der Waals surface area contributed by atoms with E-state index in [4.69, 9.17) is 1.37 Å². The summed E-state index contributed by atoms with van der Waals surface area (Å²) >= 11 is 0. The van der Waals surface area contributed by atoms with Crippen LogP contribution in [-0.4, -0.2) is 0 Å². The van der Waals surface area contributed by atoms with Crippen molar-refractivity contribution < 1.29 is 21.0 Å². The number of hydrogen-bond acceptors (Lipinski definition) is 0. The maximum atomic E-state index is 9.18. The van der Waals surface area contributed by atoms with Gasteiger partial charge in [-0.1, -0.05) is 202 Å². The van der Waals surface area contributed by atoms with Gasteiger partial charge in [0.25, 0.3) is 0 Å². The number of benzene rings is 8. The van der Waals surface area contributed by atoms with Gasteiger partial charge in [0.2, 0.25) is 22.8 Å². The summed E-state index contributed by atoms with van der Waals surface area (Å²) in [6.07, 6.45) is 31.8. The maximum Gasteiger partial charge on any atom is 0.212 e. The molecular weight excluding hydrogens is 1320 g/mol. The number of pyridine rings is 4. The normalized spacial score (nSPS) is 25.3. The fraction of sp³-hybridized carbons (Fsp3) is 0.352. The second-order valence-electron chi connectivity index (χ2n) is 34.4. The van der Waals surface area contributed by atoms with E-state index < -0.39 is 0 Å². The summed E-state index contributed by atoms with van der Waals surface area (Å²) in [6, 6.07) is 88.6. The van der Waals surface area contributed by atoms with Crippen LogP contribution in [0.15, 0.2) is 267 Å². The number of aryl methyl sites for hydroxylation is 8. The van der Waals surface area contributed by atoms with E-state index in [1.165, 1.54) is 219 Å². The first-order chi connectivity index (χ1) is 54.0. The van der Waals surface area contributed by atoms with Gasteiger partial charge in [-0.05, 0) is 291 Å². The van der Waals surface area contributed by atoms with E-state index in [1.54, 1.807) is 11.1 Å². The van der Waals surface area contributed by atoms with Gasteiger partial charge in [0.1, 0.15) is 28.2 Å². The molecule has 0 spiro atoms. The summed E-state index contributed by atoms with van der Waals surface area (Å²) in [4.78, 5) is 0. The summed E-state index contributed by atoms with van der Waals surface area (Å²) < 4.78 is 27.2. The average molecular weight is 1430 g/mol. The predicted octanol–water partition coefficient (Wildman–Crippen LogP) is 24.6. The van der Waals surface area contributed by atoms with E-state index >= 15 is 0 Å². The molecule has 0 radical (unpaired) electrons. The van der Waals surface area contributed by atoms with Crippen LogP contribution in [0.2, 0.25) is 0 Å². The summed E-state index contributed by atoms with van der Waals surface area (Å²) in [5.74, 6) is 7.41. The smallest absolute Gasteiger partial charge is 0.200 e. The largest absolute Gasteiger partial charge is 0.212 e. The molecule has 9 aliphatic carbocycles. The average Bonchev–Trinajstić information content (AvgIpc) is 1.72. The van der Waals surface area contributed by atoms with Crippen LogP contribution in [0.25, 0.3) is 89.5 Å². The molecule has 109 heavy (non-hydrogen) atoms. The highest BCUT2D eigenvalue weighted by Gasteiger charge is 2.43. The van der Waals surface area contributed by atoms with E-state index in [0.717, 1.165) is 60.2 Å². The van der Waals surface area contributed by atoms with E-state index in [0.29, 0.717) is 11.8 Å². The highest BCUT2D eigenvalue weighted by molar-refractivity contribution is 5.71. The Morgan fingerprint density at radius 1 is 0.239 bits per heavy atom. The molecule has 10 unspecified atom stereocenters. The molecule has 4 heteroatoms. The lowest BCUT2D eigenvalue weighted by Crippen LogP contribution is -2.30. The molecule has 21 rings (SSSR count). The van der Waals surface area contributed by atoms with E-state index in [-0.39, 0.29) is 11.8 Å². The Labute approximate surface area is 654 Å². The Bertz CT molecular complexity index is 5360. The van der Waals surface area contributed by atoms with Crippen molar-refractivity contribution in [1.29, 1.82) is 0 Å². The molecule has 4 nitrogen and oxygen atoms in total. The van der Waals surface area contributed by atoms with Crippen molar-refractivity contribution in [2.45, 2.75) is 160 Å². The molecule has 0 saturated heterocycles. The van der Waals surface area contributed by atoms with Crippen LogP contribution in [0.3, 0.4) is 0 Å². The van der Waals surface area contributed by atoms with Crippen LogP contribution in [0.5, 0.6) is 0 Å². The molecule has 550 valence electrons. The van der Waals surface area contributed by atoms with Crippen molar-refractivity contribution in [3.05, 3.63) is 312 Å². The minimum Gasteiger partial charge on any atom is -0.200 e. The highest BCUT2D eigenvalue weighted by atomic mass is 14.9. The number of nitrogens with zero attached hydrogens (tertiary/aromatic N) is 4. The van der Waals surface area contributed by atoms with Crippen molar-refractivity contribution >= 4 is 0 Å². The Balaban J connectivity index is 0.000000108. The molecule has 8 aromatic carbocycles. The fourth-order valence-corrected chi connectivity index (χ4v) is 21.6. The summed E-state index contributed by atoms with van der Waals surface area (Å²) in [5.41, 5.74) is 31.1. The standard InChI is InChI=1S/C27H30N.3C26H28N/c1-19-5-3-4-6-25(19)27-16-15-24(18-28(27)2)21-11-13-23(14-12-21)26-17-20-7-9-22(26)10-8-20;2*1-18-6-3-4-9-24(18)26-13-12-23(17-27(26)2)20-7-5-8-21(16-20)25-15-19-10-11-22(25)14-19;1-18-5-3-4-6-24(18)26-14-13-23(17-27(26)2)20-9-11-21(12-10-20)25-16-19-7-8-22(25)15-19/h3-6,11-16,18,20,22,26H,7-10,17H2,1-2H3;2*3-9,12-13,16-17,19,22,25H,10-11,14-15H2,1-2H3;3-6,9-14,17,19,22,25H,7-8,15-16H2,1-2H3/q4*+1/i;25D;;25D. The summed E-state index contributed by atoms with van der Waals surface area (Å²) in [5, 5.41) is 0. The molecule has 4 aromatic heterocycles. The third kappa shape index (κ3) is 15.4. The molecule has 12 aromatic rings. The first-order valence-electron chi connectivity index (χ1n) is 42.6. The van der Waals surface area contributed by atoms with Crippen molar-refractivity contribution in [3.63, 3.8) is 0 Å². The van der Waals surface area contributed by atoms with Gasteiger partial charge >= 0.3 is 0 Å². The molecule has 0 aliphatic heterocycles. The molecule has 4 heterocycles. The Morgan fingerprint density at radius 3 is 0.899 bits per heavy atom. The van der Waals surface area contributed by atoms with E-state index in [9.17, 15) is 1.37 Å². The minimum absolute atomic E-state index is 0.346. The SMILES string of the molecule is Cc1ccccc1-c1ccc(-c2ccc(C3CC4CCC3CC4)cc2)c[n+]1C.Cc1ccccc1-c1ccc(-c2cccc(C3CC4CCC3C4)c2)c[n+]1C.[2H]C1(c2ccc(-c3ccc(-c4ccccc4C)[n+](C)c3)cc2)CC2CCC1C2.[2H]C1(c2cccc(-c3ccc(-c4ccccc4C)[n+](C)c3)c2)CC2CCC1C2. The Kier molecular flexibility index (Phi) is 20.3. The summed E-state index contributed by atoms with van der Waals surface area (Å²) in [7, 11) is 8.55. The number of aromatic nitrogens is 4. The topological polar surface area (TPSA) is 15.5 Å². The van der Waals surface area contributed by atoms with Crippen LogP contribution < -0.4 is 18.3 Å². The Hall–Kier alpha value is -9.64. The first-order valence-corrected chi connectivity index (χ1v) is 41.6. The van der Waals surface area contributed by atoms with Gasteiger partial charge in [-0.3, -0.25) is 0 Å². The van der Waals surface area contributed by atoms with Gasteiger partial charge in [0.05, 0.1) is 0 Å². The van der Waals surface area contributed by atoms with Crippen molar-refractivity contribution in [2.75, 3.05) is 0 Å². The molecule has 10 atom stereocenters. The number of rotatable bonds is 12. The molecule has 9 aliphatic rings. The quantitative estimate of drug-likeness (QED) is 0.108. The molecule has 8 bridgehead atoms. The maximum absolute atomic E-state index is 9.18. The zero-order valence-electron chi connectivity index (χ0n) is 68.0. The molecule has 0 N–H and O–H groups in total. The minimum atomic E-state index is -0.373. The lowest BCUT2D eigenvalue weighted by atomic mass is 9.63. The lowest BCUT2D eigenvalue weighted by Gasteiger charge is -2.42. The van der Waals surface area contributed by atoms with Gasteiger partial charge in [-0.15, -0.1) is 0 Å². The number of fused-ring (bicyclic) bond motifs is 9. The van der Waals surface area contributed by atoms with Gasteiger partial charge in [0, 0.05) is 71.5 Å². The summed E-state index contributed by atoms with van der Waals surface area (Å²) in [6.45, 7) is 8.69. The molecule has 9 fully saturated rings. The Morgan fingerprint density at radius 2 is 0.550 bits per heavy atom. The lowest BCUT2D eigenvalue weighted by molar-refractivity contribution is -0.660. The van der Waals surface area contributed by atoms with Crippen LogP contribution in [-0.2, 0) is 28.2 Å². The van der Waals surface area contributed by atoms with Crippen molar-refractivity contribution in [2.24, 2.45) is 75.5 Å². The van der Waals surface area contributed by atoms with E-state index in [1.807, 2.05) is 0 Å². The second kappa shape index (κ2) is 31.8. The zero-order valence-corrected chi connectivity index (χ0v) is 66.0. The molecular formula is C105H114N4+4. The van der Waals surface area contributed by atoms with Crippen molar-refractivity contribution in [1.82, 2.24) is 0 Å². The van der Waals surface area contributed by atoms with E-state index in [2.05, 4.69) is 342 Å². The van der Waals surface area contributed by atoms with Crippen LogP contribution >= 0.6 is 0 Å².